The lowest BCUT2D eigenvalue weighted by Crippen LogP contribution is -2.42. The number of nitrogens with one attached hydrogen (secondary N) is 2. The molecule has 2 rings (SSSR count). The number of hydrogen-bond acceptors (Lipinski definition) is 6. The highest BCUT2D eigenvalue weighted by atomic mass is 16.5. The van der Waals surface area contributed by atoms with Crippen LogP contribution in [0.5, 0.6) is 5.75 Å². The largest absolute Gasteiger partial charge is 0.491 e. The number of carbonyl (C=O) groups is 2. The van der Waals surface area contributed by atoms with Crippen molar-refractivity contribution in [2.75, 3.05) is 26.2 Å². The van der Waals surface area contributed by atoms with Gasteiger partial charge in [-0.2, -0.15) is 0 Å². The Morgan fingerprint density at radius 1 is 1.18 bits per heavy atom. The number of rotatable bonds is 14. The Balaban J connectivity index is 2.15. The monoisotopic (exact) mass is 470 g/mol. The van der Waals surface area contributed by atoms with Crippen molar-refractivity contribution >= 4 is 11.8 Å². The van der Waals surface area contributed by atoms with Gasteiger partial charge in [0, 0.05) is 37.3 Å². The summed E-state index contributed by atoms with van der Waals surface area (Å²) >= 11 is 0. The van der Waals surface area contributed by atoms with Gasteiger partial charge in [-0.05, 0) is 65.7 Å². The highest BCUT2D eigenvalue weighted by Gasteiger charge is 2.17. The molecule has 2 N–H and O–H groups in total. The second-order valence-electron chi connectivity index (χ2n) is 8.55. The van der Waals surface area contributed by atoms with Crippen molar-refractivity contribution < 1.29 is 14.3 Å². The fourth-order valence-corrected chi connectivity index (χ4v) is 3.62. The van der Waals surface area contributed by atoms with Crippen molar-refractivity contribution in [3.8, 4) is 11.4 Å². The van der Waals surface area contributed by atoms with E-state index in [1.54, 1.807) is 24.4 Å². The number of ether oxygens (including phenoxy) is 1. The van der Waals surface area contributed by atoms with Crippen LogP contribution in [0.15, 0.2) is 37.1 Å². The average molecular weight is 471 g/mol. The molecule has 0 bridgehead atoms. The zero-order chi connectivity index (χ0) is 25.1. The highest BCUT2D eigenvalue weighted by molar-refractivity contribution is 5.95. The molecule has 0 aliphatic carbocycles. The van der Waals surface area contributed by atoms with Gasteiger partial charge >= 0.3 is 0 Å². The molecular formula is C25H38N6O3. The molecule has 0 spiro atoms. The molecule has 0 atom stereocenters. The molecule has 34 heavy (non-hydrogen) atoms. The summed E-state index contributed by atoms with van der Waals surface area (Å²) in [4.78, 5) is 27.2. The van der Waals surface area contributed by atoms with E-state index in [2.05, 4.69) is 60.1 Å². The first-order valence-corrected chi connectivity index (χ1v) is 11.9. The van der Waals surface area contributed by atoms with Crippen LogP contribution in [0, 0.1) is 0 Å². The number of hydrogen-bond donors (Lipinski definition) is 2. The maximum absolute atomic E-state index is 12.6. The van der Waals surface area contributed by atoms with Gasteiger partial charge < -0.3 is 15.4 Å². The van der Waals surface area contributed by atoms with Crippen molar-refractivity contribution in [3.63, 3.8) is 0 Å². The number of carbonyl (C=O) groups excluding carboxylic acids is 2. The van der Waals surface area contributed by atoms with Crippen LogP contribution in [0.4, 0.5) is 0 Å². The van der Waals surface area contributed by atoms with Gasteiger partial charge in [-0.3, -0.25) is 14.5 Å². The predicted molar refractivity (Wildman–Crippen MR) is 134 cm³/mol. The number of allylic oxidation sites excluding steroid dienone is 1. The third-order valence-corrected chi connectivity index (χ3v) is 5.32. The van der Waals surface area contributed by atoms with Crippen LogP contribution in [0.25, 0.3) is 5.69 Å². The van der Waals surface area contributed by atoms with E-state index < -0.39 is 0 Å². The molecule has 0 unspecified atom stereocenters. The average Bonchev–Trinajstić information content (AvgIpc) is 3.29. The van der Waals surface area contributed by atoms with Crippen molar-refractivity contribution in [2.24, 2.45) is 0 Å². The molecule has 0 aliphatic heterocycles. The first-order chi connectivity index (χ1) is 16.3. The van der Waals surface area contributed by atoms with E-state index in [1.807, 2.05) is 13.0 Å². The zero-order valence-electron chi connectivity index (χ0n) is 21.0. The minimum atomic E-state index is -0.286. The fourth-order valence-electron chi connectivity index (χ4n) is 3.62. The molecule has 2 aromatic rings. The van der Waals surface area contributed by atoms with Crippen LogP contribution in [0.1, 0.15) is 68.3 Å². The SMILES string of the molecule is C=CCCCOc1cc(C(=O)NCC)ccc1-n1cc(C(=O)NCCN(C(C)C)C(C)C)nn1. The van der Waals surface area contributed by atoms with Gasteiger partial charge in [0.25, 0.3) is 11.8 Å². The fraction of sp³-hybridized carbons (Fsp3) is 0.520. The zero-order valence-corrected chi connectivity index (χ0v) is 21.0. The molecule has 186 valence electrons. The molecule has 1 aromatic heterocycles. The normalized spacial score (nSPS) is 11.2. The van der Waals surface area contributed by atoms with Crippen LogP contribution in [-0.4, -0.2) is 70.0 Å². The molecule has 1 heterocycles. The summed E-state index contributed by atoms with van der Waals surface area (Å²) in [5, 5.41) is 13.9. The van der Waals surface area contributed by atoms with Gasteiger partial charge in [0.05, 0.1) is 12.8 Å². The molecule has 0 radical (unpaired) electrons. The standard InChI is InChI=1S/C25H38N6O3/c1-7-9-10-15-34-23-16-20(24(32)26-8-2)11-12-22(23)31-17-21(28-29-31)25(33)27-13-14-30(18(3)4)19(5)6/h7,11-12,16-19H,1,8-10,13-15H2,2-6H3,(H,26,32)(H,27,33). The quantitative estimate of drug-likeness (QED) is 0.325. The molecule has 9 nitrogen and oxygen atoms in total. The minimum absolute atomic E-state index is 0.180. The molecule has 0 fully saturated rings. The molecule has 0 saturated carbocycles. The first-order valence-electron chi connectivity index (χ1n) is 11.9. The van der Waals surface area contributed by atoms with Gasteiger partial charge in [0.1, 0.15) is 11.4 Å². The number of aromatic nitrogens is 3. The lowest BCUT2D eigenvalue weighted by Gasteiger charge is -2.30. The third-order valence-electron chi connectivity index (χ3n) is 5.32. The van der Waals surface area contributed by atoms with Gasteiger partial charge in [-0.1, -0.05) is 11.3 Å². The Morgan fingerprint density at radius 3 is 2.56 bits per heavy atom. The number of unbranched alkanes of at least 4 members (excludes halogenated alkanes) is 1. The summed E-state index contributed by atoms with van der Waals surface area (Å²) in [6, 6.07) is 5.91. The van der Waals surface area contributed by atoms with E-state index in [4.69, 9.17) is 4.74 Å². The second-order valence-corrected chi connectivity index (χ2v) is 8.55. The van der Waals surface area contributed by atoms with Gasteiger partial charge in [0.2, 0.25) is 0 Å². The summed E-state index contributed by atoms with van der Waals surface area (Å²) < 4.78 is 7.44. The van der Waals surface area contributed by atoms with E-state index in [-0.39, 0.29) is 17.5 Å². The van der Waals surface area contributed by atoms with E-state index in [0.717, 1.165) is 19.4 Å². The molecule has 9 heteroatoms. The Labute approximate surface area is 202 Å². The lowest BCUT2D eigenvalue weighted by atomic mass is 10.1. The van der Waals surface area contributed by atoms with E-state index in [9.17, 15) is 9.59 Å². The van der Waals surface area contributed by atoms with E-state index in [1.165, 1.54) is 4.68 Å². The van der Waals surface area contributed by atoms with Crippen molar-refractivity contribution in [1.82, 2.24) is 30.5 Å². The van der Waals surface area contributed by atoms with E-state index in [0.29, 0.717) is 48.8 Å². The Morgan fingerprint density at radius 2 is 1.91 bits per heavy atom. The number of amides is 2. The minimum Gasteiger partial charge on any atom is -0.491 e. The van der Waals surface area contributed by atoms with Crippen molar-refractivity contribution in [3.05, 3.63) is 48.3 Å². The van der Waals surface area contributed by atoms with Crippen LogP contribution < -0.4 is 15.4 Å². The maximum atomic E-state index is 12.6. The van der Waals surface area contributed by atoms with Crippen LogP contribution in [0.3, 0.4) is 0 Å². The number of benzene rings is 1. The molecular weight excluding hydrogens is 432 g/mol. The van der Waals surface area contributed by atoms with Crippen LogP contribution >= 0.6 is 0 Å². The maximum Gasteiger partial charge on any atom is 0.273 e. The van der Waals surface area contributed by atoms with Crippen LogP contribution in [0.2, 0.25) is 0 Å². The summed E-state index contributed by atoms with van der Waals surface area (Å²) in [6.07, 6.45) is 5.02. The Bertz CT molecular complexity index is 946. The second kappa shape index (κ2) is 13.5. The summed E-state index contributed by atoms with van der Waals surface area (Å²) in [5.41, 5.74) is 1.30. The molecule has 2 amide bonds. The van der Waals surface area contributed by atoms with Gasteiger partial charge in [-0.15, -0.1) is 11.7 Å². The summed E-state index contributed by atoms with van der Waals surface area (Å²) in [5.74, 6) is 0.0285. The number of nitrogens with zero attached hydrogens (tertiary/aromatic N) is 4. The molecule has 0 aliphatic rings. The van der Waals surface area contributed by atoms with Crippen LogP contribution in [-0.2, 0) is 0 Å². The molecule has 0 saturated heterocycles. The molecule has 1 aromatic carbocycles. The highest BCUT2D eigenvalue weighted by Crippen LogP contribution is 2.25. The third kappa shape index (κ3) is 7.69. The predicted octanol–water partition coefficient (Wildman–Crippen LogP) is 3.21. The Kier molecular flexibility index (Phi) is 10.7. The lowest BCUT2D eigenvalue weighted by molar-refractivity contribution is 0.0932. The topological polar surface area (TPSA) is 101 Å². The smallest absolute Gasteiger partial charge is 0.273 e. The van der Waals surface area contributed by atoms with Crippen molar-refractivity contribution in [2.45, 2.75) is 59.5 Å². The summed E-state index contributed by atoms with van der Waals surface area (Å²) in [6.45, 7) is 16.4. The van der Waals surface area contributed by atoms with Gasteiger partial charge in [-0.25, -0.2) is 4.68 Å². The van der Waals surface area contributed by atoms with E-state index >= 15 is 0 Å². The summed E-state index contributed by atoms with van der Waals surface area (Å²) in [7, 11) is 0. The van der Waals surface area contributed by atoms with Gasteiger partial charge in [0.15, 0.2) is 5.69 Å². The first kappa shape index (κ1) is 27.0. The van der Waals surface area contributed by atoms with Crippen molar-refractivity contribution in [1.29, 1.82) is 0 Å². The Hall–Kier alpha value is -3.20.